The predicted octanol–water partition coefficient (Wildman–Crippen LogP) is 13.9. The summed E-state index contributed by atoms with van der Waals surface area (Å²) < 4.78 is 0. The van der Waals surface area contributed by atoms with E-state index in [1.807, 2.05) is 72.8 Å². The average molecular weight is 789 g/mol. The molecular formula is C57H48N4. The third kappa shape index (κ3) is 7.47. The summed E-state index contributed by atoms with van der Waals surface area (Å²) >= 11 is 0. The van der Waals surface area contributed by atoms with Gasteiger partial charge in [0.05, 0.1) is 44.2 Å². The Bertz CT molecular complexity index is 3290. The van der Waals surface area contributed by atoms with Crippen molar-refractivity contribution in [2.24, 2.45) is 20.0 Å². The molecule has 4 nitrogen and oxygen atoms in total. The van der Waals surface area contributed by atoms with Crippen molar-refractivity contribution < 1.29 is 0 Å². The lowest BCUT2D eigenvalue weighted by molar-refractivity contribution is 1.09. The Labute approximate surface area is 356 Å². The summed E-state index contributed by atoms with van der Waals surface area (Å²) in [5.41, 5.74) is 8.22. The van der Waals surface area contributed by atoms with Crippen LogP contribution in [-0.2, 0) is 0 Å². The van der Waals surface area contributed by atoms with E-state index in [1.54, 1.807) is 0 Å². The lowest BCUT2D eigenvalue weighted by Gasteiger charge is -2.14. The molecular weight excluding hydrogens is 741 g/mol. The molecule has 61 heavy (non-hydrogen) atoms. The minimum atomic E-state index is 0.926. The van der Waals surface area contributed by atoms with E-state index in [0.29, 0.717) is 0 Å². The van der Waals surface area contributed by atoms with E-state index in [0.717, 1.165) is 98.7 Å². The van der Waals surface area contributed by atoms with Crippen LogP contribution in [0.25, 0.3) is 53.9 Å². The van der Waals surface area contributed by atoms with Gasteiger partial charge in [-0.15, -0.1) is 0 Å². The van der Waals surface area contributed by atoms with Crippen LogP contribution in [0.2, 0.25) is 0 Å². The summed E-state index contributed by atoms with van der Waals surface area (Å²) in [6.07, 6.45) is 1.25. The molecule has 0 aromatic heterocycles. The first-order valence-corrected chi connectivity index (χ1v) is 21.2. The van der Waals surface area contributed by atoms with Crippen molar-refractivity contribution in [3.05, 3.63) is 214 Å². The van der Waals surface area contributed by atoms with Crippen LogP contribution in [0.3, 0.4) is 0 Å². The molecule has 0 heterocycles. The molecule has 4 heteroatoms. The number of benzene rings is 10. The van der Waals surface area contributed by atoms with E-state index >= 15 is 0 Å². The molecule has 0 radical (unpaired) electrons. The van der Waals surface area contributed by atoms with E-state index in [2.05, 4.69) is 139 Å². The van der Waals surface area contributed by atoms with Gasteiger partial charge in [-0.2, -0.15) is 0 Å². The Balaban J connectivity index is 0.00000154. The lowest BCUT2D eigenvalue weighted by Crippen LogP contribution is -2.20. The topological polar surface area (TPSA) is 49.4 Å². The molecule has 10 aromatic carbocycles. The second kappa shape index (κ2) is 16.8. The largest absolute Gasteiger partial charge is 0.248 e. The number of hydrogen-bond acceptors (Lipinski definition) is 4. The third-order valence-electron chi connectivity index (χ3n) is 11.7. The number of para-hydroxylation sites is 4. The van der Waals surface area contributed by atoms with Gasteiger partial charge < -0.3 is 0 Å². The van der Waals surface area contributed by atoms with Crippen molar-refractivity contribution in [1.29, 1.82) is 0 Å². The predicted molar refractivity (Wildman–Crippen MR) is 258 cm³/mol. The van der Waals surface area contributed by atoms with Crippen molar-refractivity contribution in [2.75, 3.05) is 0 Å². The number of hydrogen-bond donors (Lipinski definition) is 0. The highest BCUT2D eigenvalue weighted by Crippen LogP contribution is 2.35. The van der Waals surface area contributed by atoms with Gasteiger partial charge in [0.1, 0.15) is 0 Å². The van der Waals surface area contributed by atoms with Gasteiger partial charge in [0.15, 0.2) is 0 Å². The van der Waals surface area contributed by atoms with Crippen LogP contribution in [0, 0.1) is 27.7 Å². The number of nitrogens with zero attached hydrogens (tertiary/aromatic N) is 4. The quantitative estimate of drug-likeness (QED) is 0.126. The highest BCUT2D eigenvalue weighted by molar-refractivity contribution is 6.21. The van der Waals surface area contributed by atoms with Gasteiger partial charge in [0.25, 0.3) is 0 Å². The fraction of sp³-hybridized carbons (Fsp3) is 0.123. The van der Waals surface area contributed by atoms with Crippen molar-refractivity contribution >= 4 is 76.6 Å². The number of fused-ring (bicyclic) bond motifs is 7. The molecule has 0 aliphatic rings. The zero-order chi connectivity index (χ0) is 42.0. The zero-order valence-electron chi connectivity index (χ0n) is 35.7. The van der Waals surface area contributed by atoms with Gasteiger partial charge in [0, 0.05) is 21.5 Å². The van der Waals surface area contributed by atoms with E-state index < -0.39 is 0 Å². The maximum Gasteiger partial charge on any atom is 0.0748 e. The summed E-state index contributed by atoms with van der Waals surface area (Å²) in [7, 11) is 0. The van der Waals surface area contributed by atoms with Crippen LogP contribution < -0.4 is 21.4 Å². The van der Waals surface area contributed by atoms with Gasteiger partial charge in [-0.05, 0) is 155 Å². The molecule has 0 saturated carbocycles. The summed E-state index contributed by atoms with van der Waals surface area (Å²) in [5, 5.41) is 15.3. The van der Waals surface area contributed by atoms with Crippen LogP contribution in [0.4, 0.5) is 22.7 Å². The molecule has 0 aliphatic heterocycles. The first-order valence-electron chi connectivity index (χ1n) is 21.2. The molecule has 0 amide bonds. The molecule has 0 saturated heterocycles. The van der Waals surface area contributed by atoms with Crippen LogP contribution in [0.5, 0.6) is 0 Å². The minimum absolute atomic E-state index is 0.926. The first-order chi connectivity index (χ1) is 29.8. The second-order valence-electron chi connectivity index (χ2n) is 15.9. The Kier molecular flexibility index (Phi) is 10.8. The summed E-state index contributed by atoms with van der Waals surface area (Å²) in [4.78, 5) is 21.1. The van der Waals surface area contributed by atoms with Gasteiger partial charge in [-0.1, -0.05) is 117 Å². The van der Waals surface area contributed by atoms with Crippen LogP contribution in [0.1, 0.15) is 42.5 Å². The highest BCUT2D eigenvalue weighted by Gasteiger charge is 2.15. The smallest absolute Gasteiger partial charge is 0.0748 e. The Morgan fingerprint density at radius 2 is 0.525 bits per heavy atom. The third-order valence-corrected chi connectivity index (χ3v) is 11.7. The molecule has 0 fully saturated rings. The van der Waals surface area contributed by atoms with Crippen molar-refractivity contribution in [1.82, 2.24) is 0 Å². The monoisotopic (exact) mass is 788 g/mol. The van der Waals surface area contributed by atoms with Gasteiger partial charge in [-0.25, -0.2) is 20.0 Å². The van der Waals surface area contributed by atoms with Crippen molar-refractivity contribution in [2.45, 2.75) is 48.0 Å². The SMILES string of the molecule is CCC.Cc1c(C)c(=Nc2ccccc2)c2cc3c(ccc4c5cc6c(=Nc7ccccc7)c(C)c(C)c(=Nc7ccccc7)c6cc5ccc34)cc2c1=Nc1ccccc1. The molecule has 10 aromatic rings. The maximum absolute atomic E-state index is 5.29. The summed E-state index contributed by atoms with van der Waals surface area (Å²) in [6.45, 7) is 12.9. The normalized spacial score (nSPS) is 12.9. The van der Waals surface area contributed by atoms with E-state index in [4.69, 9.17) is 20.0 Å². The fourth-order valence-corrected chi connectivity index (χ4v) is 8.38. The summed E-state index contributed by atoms with van der Waals surface area (Å²) in [5.74, 6) is 0. The average Bonchev–Trinajstić information content (AvgIpc) is 3.30. The van der Waals surface area contributed by atoms with Crippen LogP contribution >= 0.6 is 0 Å². The van der Waals surface area contributed by atoms with E-state index in [9.17, 15) is 0 Å². The number of rotatable bonds is 4. The minimum Gasteiger partial charge on any atom is -0.248 e. The van der Waals surface area contributed by atoms with Crippen molar-refractivity contribution in [3.63, 3.8) is 0 Å². The van der Waals surface area contributed by atoms with Crippen molar-refractivity contribution in [3.8, 4) is 0 Å². The second-order valence-corrected chi connectivity index (χ2v) is 15.9. The molecule has 0 N–H and O–H groups in total. The van der Waals surface area contributed by atoms with E-state index in [-0.39, 0.29) is 0 Å². The Morgan fingerprint density at radius 3 is 0.787 bits per heavy atom. The van der Waals surface area contributed by atoms with Gasteiger partial charge in [-0.3, -0.25) is 0 Å². The van der Waals surface area contributed by atoms with Crippen LogP contribution in [0.15, 0.2) is 190 Å². The molecule has 0 atom stereocenters. The first kappa shape index (κ1) is 39.2. The van der Waals surface area contributed by atoms with E-state index in [1.165, 1.54) is 28.0 Å². The molecule has 0 bridgehead atoms. The maximum atomic E-state index is 5.29. The Morgan fingerprint density at radius 1 is 0.279 bits per heavy atom. The van der Waals surface area contributed by atoms with Gasteiger partial charge in [0.2, 0.25) is 0 Å². The molecule has 10 rings (SSSR count). The molecule has 0 spiro atoms. The Hall–Kier alpha value is -7.30. The fourth-order valence-electron chi connectivity index (χ4n) is 8.38. The molecule has 0 aliphatic carbocycles. The molecule has 0 unspecified atom stereocenters. The van der Waals surface area contributed by atoms with Gasteiger partial charge >= 0.3 is 0 Å². The van der Waals surface area contributed by atoms with Crippen LogP contribution in [-0.4, -0.2) is 0 Å². The highest BCUT2D eigenvalue weighted by atomic mass is 14.8. The summed E-state index contributed by atoms with van der Waals surface area (Å²) in [6, 6.07) is 59.4. The lowest BCUT2D eigenvalue weighted by atomic mass is 9.91. The molecule has 296 valence electrons. The zero-order valence-corrected chi connectivity index (χ0v) is 35.7. The standard InChI is InChI=1S/C54H40N4.C3H8/c1-33-35(3)53(57-41-21-13-7-14-22-41)49-31-45-37(29-47(49)51(33)55-39-17-9-5-10-18-39)25-27-44-43(45)28-26-38-30-48-50(32-46(38)44)54(58-42-23-15-8-16-24-42)36(4)34(2)52(48)56-40-19-11-6-12-20-40;1-3-2/h5-32H,1-4H3;3H2,1-2H3.